The highest BCUT2D eigenvalue weighted by molar-refractivity contribution is 14.1. The van der Waals surface area contributed by atoms with Crippen molar-refractivity contribution in [3.63, 3.8) is 0 Å². The highest BCUT2D eigenvalue weighted by Crippen LogP contribution is 2.23. The lowest BCUT2D eigenvalue weighted by molar-refractivity contribution is 0.217. The fraction of sp³-hybridized carbons (Fsp3) is 0.111. The molecule has 1 atom stereocenters. The Kier molecular flexibility index (Phi) is 3.38. The first kappa shape index (κ1) is 10.6. The van der Waals surface area contributed by atoms with Crippen LogP contribution in [0.25, 0.3) is 0 Å². The Labute approximate surface area is 88.2 Å². The summed E-state index contributed by atoms with van der Waals surface area (Å²) in [5.41, 5.74) is -0.351. The number of benzene rings is 1. The zero-order valence-electron chi connectivity index (χ0n) is 6.60. The molecule has 0 aliphatic heterocycles. The lowest BCUT2D eigenvalue weighted by Crippen LogP contribution is -2.01. The van der Waals surface area contributed by atoms with Crippen molar-refractivity contribution in [2.75, 3.05) is 0 Å². The van der Waals surface area contributed by atoms with E-state index in [0.717, 1.165) is 18.2 Å². The van der Waals surface area contributed by atoms with Crippen molar-refractivity contribution < 1.29 is 13.9 Å². The van der Waals surface area contributed by atoms with Crippen molar-refractivity contribution >= 4 is 22.6 Å². The van der Waals surface area contributed by atoms with E-state index in [0.29, 0.717) is 3.57 Å². The van der Waals surface area contributed by atoms with Crippen LogP contribution in [0.3, 0.4) is 0 Å². The molecule has 13 heavy (non-hydrogen) atoms. The molecular weight excluding hydrogens is 289 g/mol. The molecule has 1 rings (SSSR count). The molecule has 0 heterocycles. The molecule has 0 fully saturated rings. The van der Waals surface area contributed by atoms with Crippen LogP contribution >= 0.6 is 22.6 Å². The summed E-state index contributed by atoms with van der Waals surface area (Å²) in [5.74, 6) is -1.51. The predicted molar refractivity (Wildman–Crippen MR) is 54.2 cm³/mol. The molecular formula is C9H7F2IO. The second-order valence-corrected chi connectivity index (χ2v) is 3.71. The van der Waals surface area contributed by atoms with Gasteiger partial charge >= 0.3 is 0 Å². The van der Waals surface area contributed by atoms with Crippen LogP contribution in [0.4, 0.5) is 8.78 Å². The summed E-state index contributed by atoms with van der Waals surface area (Å²) in [4.78, 5) is 0. The van der Waals surface area contributed by atoms with Crippen molar-refractivity contribution in [1.29, 1.82) is 0 Å². The second-order valence-electron chi connectivity index (χ2n) is 2.46. The Morgan fingerprint density at radius 3 is 2.23 bits per heavy atom. The Morgan fingerprint density at radius 2 is 1.85 bits per heavy atom. The van der Waals surface area contributed by atoms with E-state index in [1.807, 2.05) is 0 Å². The number of aliphatic hydroxyl groups excluding tert-OH is 1. The normalized spacial score (nSPS) is 12.6. The molecule has 1 aromatic rings. The minimum atomic E-state index is -1.29. The molecule has 0 radical (unpaired) electrons. The van der Waals surface area contributed by atoms with Crippen molar-refractivity contribution in [3.8, 4) is 0 Å². The molecule has 0 saturated carbocycles. The van der Waals surface area contributed by atoms with Gasteiger partial charge in [0.1, 0.15) is 17.7 Å². The number of hydrogen-bond donors (Lipinski definition) is 1. The summed E-state index contributed by atoms with van der Waals surface area (Å²) in [5, 5.41) is 9.18. The van der Waals surface area contributed by atoms with Gasteiger partial charge in [-0.2, -0.15) is 0 Å². The molecule has 0 aromatic heterocycles. The van der Waals surface area contributed by atoms with Gasteiger partial charge in [-0.05, 0) is 34.7 Å². The first-order valence-electron chi connectivity index (χ1n) is 3.51. The standard InChI is InChI=1S/C9H7F2IO/c1-2-8(13)9-6(10)3-5(12)4-7(9)11/h2-4,8,13H,1H2. The molecule has 0 aliphatic carbocycles. The molecule has 1 unspecified atom stereocenters. The average molecular weight is 296 g/mol. The summed E-state index contributed by atoms with van der Waals surface area (Å²) < 4.78 is 26.6. The lowest BCUT2D eigenvalue weighted by Gasteiger charge is -2.08. The van der Waals surface area contributed by atoms with Gasteiger partial charge in [-0.1, -0.05) is 6.08 Å². The molecule has 0 spiro atoms. The van der Waals surface area contributed by atoms with E-state index >= 15 is 0 Å². The third kappa shape index (κ3) is 2.25. The number of hydrogen-bond acceptors (Lipinski definition) is 1. The van der Waals surface area contributed by atoms with Gasteiger partial charge in [0.2, 0.25) is 0 Å². The Bertz CT molecular complexity index is 315. The summed E-state index contributed by atoms with van der Waals surface area (Å²) in [6, 6.07) is 2.32. The van der Waals surface area contributed by atoms with E-state index in [4.69, 9.17) is 0 Å². The Hall–Kier alpha value is -0.490. The summed E-state index contributed by atoms with van der Waals surface area (Å²) in [7, 11) is 0. The molecule has 1 nitrogen and oxygen atoms in total. The van der Waals surface area contributed by atoms with Crippen molar-refractivity contribution in [2.45, 2.75) is 6.10 Å². The van der Waals surface area contributed by atoms with E-state index < -0.39 is 17.7 Å². The maximum Gasteiger partial charge on any atom is 0.133 e. The van der Waals surface area contributed by atoms with Crippen molar-refractivity contribution in [3.05, 3.63) is 45.6 Å². The van der Waals surface area contributed by atoms with Gasteiger partial charge < -0.3 is 5.11 Å². The maximum absolute atomic E-state index is 13.1. The third-order valence-electron chi connectivity index (χ3n) is 1.56. The zero-order chi connectivity index (χ0) is 10.0. The van der Waals surface area contributed by atoms with Gasteiger partial charge in [-0.15, -0.1) is 6.58 Å². The number of rotatable bonds is 2. The van der Waals surface area contributed by atoms with Gasteiger partial charge in [0.15, 0.2) is 0 Å². The zero-order valence-corrected chi connectivity index (χ0v) is 8.76. The highest BCUT2D eigenvalue weighted by Gasteiger charge is 2.15. The van der Waals surface area contributed by atoms with Gasteiger partial charge in [-0.25, -0.2) is 8.78 Å². The van der Waals surface area contributed by atoms with Crippen LogP contribution in [-0.4, -0.2) is 5.11 Å². The Morgan fingerprint density at radius 1 is 1.38 bits per heavy atom. The van der Waals surface area contributed by atoms with Crippen LogP contribution in [0.2, 0.25) is 0 Å². The van der Waals surface area contributed by atoms with Crippen LogP contribution in [0, 0.1) is 15.2 Å². The quantitative estimate of drug-likeness (QED) is 0.657. The fourth-order valence-corrected chi connectivity index (χ4v) is 1.50. The van der Waals surface area contributed by atoms with Crippen LogP contribution in [-0.2, 0) is 0 Å². The average Bonchev–Trinajstić information content (AvgIpc) is 2.02. The minimum absolute atomic E-state index is 0.351. The number of aliphatic hydroxyl groups is 1. The molecule has 0 aliphatic rings. The maximum atomic E-state index is 13.1. The molecule has 70 valence electrons. The van der Waals surface area contributed by atoms with Crippen molar-refractivity contribution in [1.82, 2.24) is 0 Å². The van der Waals surface area contributed by atoms with Crippen LogP contribution in [0.5, 0.6) is 0 Å². The lowest BCUT2D eigenvalue weighted by atomic mass is 10.1. The van der Waals surface area contributed by atoms with Gasteiger partial charge in [0.25, 0.3) is 0 Å². The SMILES string of the molecule is C=CC(O)c1c(F)cc(I)cc1F. The van der Waals surface area contributed by atoms with Crippen LogP contribution in [0.15, 0.2) is 24.8 Å². The molecule has 1 aromatic carbocycles. The fourth-order valence-electron chi connectivity index (χ4n) is 0.954. The van der Waals surface area contributed by atoms with Crippen molar-refractivity contribution in [2.24, 2.45) is 0 Å². The first-order chi connectivity index (χ1) is 6.06. The minimum Gasteiger partial charge on any atom is -0.384 e. The molecule has 4 heteroatoms. The molecule has 0 saturated heterocycles. The molecule has 0 amide bonds. The topological polar surface area (TPSA) is 20.2 Å². The smallest absolute Gasteiger partial charge is 0.133 e. The summed E-state index contributed by atoms with van der Waals surface area (Å²) in [6.07, 6.45) is -0.217. The summed E-state index contributed by atoms with van der Waals surface area (Å²) >= 11 is 1.80. The van der Waals surface area contributed by atoms with E-state index in [1.54, 1.807) is 22.6 Å². The summed E-state index contributed by atoms with van der Waals surface area (Å²) in [6.45, 7) is 3.26. The number of halogens is 3. The second kappa shape index (κ2) is 4.15. The van der Waals surface area contributed by atoms with Gasteiger partial charge in [-0.3, -0.25) is 0 Å². The first-order valence-corrected chi connectivity index (χ1v) is 4.59. The van der Waals surface area contributed by atoms with Crippen LogP contribution in [0.1, 0.15) is 11.7 Å². The predicted octanol–water partition coefficient (Wildman–Crippen LogP) is 2.79. The van der Waals surface area contributed by atoms with E-state index in [2.05, 4.69) is 6.58 Å². The van der Waals surface area contributed by atoms with E-state index in [-0.39, 0.29) is 5.56 Å². The van der Waals surface area contributed by atoms with Gasteiger partial charge in [0.05, 0.1) is 5.56 Å². The van der Waals surface area contributed by atoms with Crippen LogP contribution < -0.4 is 0 Å². The third-order valence-corrected chi connectivity index (χ3v) is 2.19. The Balaban J connectivity index is 3.28. The van der Waals surface area contributed by atoms with E-state index in [9.17, 15) is 13.9 Å². The van der Waals surface area contributed by atoms with E-state index in [1.165, 1.54) is 0 Å². The molecule has 0 bridgehead atoms. The highest BCUT2D eigenvalue weighted by atomic mass is 127. The monoisotopic (exact) mass is 296 g/mol. The molecule has 1 N–H and O–H groups in total. The largest absolute Gasteiger partial charge is 0.384 e. The van der Waals surface area contributed by atoms with Gasteiger partial charge in [0, 0.05) is 3.57 Å².